The van der Waals surface area contributed by atoms with Gasteiger partial charge in [-0.1, -0.05) is 24.3 Å². The highest BCUT2D eigenvalue weighted by Crippen LogP contribution is 2.40. The average molecular weight is 393 g/mol. The van der Waals surface area contributed by atoms with Crippen molar-refractivity contribution in [1.82, 2.24) is 15.0 Å². The van der Waals surface area contributed by atoms with Crippen LogP contribution < -0.4 is 24.8 Å². The molecule has 8 heteroatoms. The van der Waals surface area contributed by atoms with Crippen LogP contribution in [0.5, 0.6) is 17.2 Å². The van der Waals surface area contributed by atoms with Gasteiger partial charge in [0.05, 0.1) is 27.4 Å². The number of hydrogen-bond acceptors (Lipinski definition) is 8. The second-order valence-corrected chi connectivity index (χ2v) is 6.61. The first-order chi connectivity index (χ1) is 14.2. The first-order valence-electron chi connectivity index (χ1n) is 9.32. The van der Waals surface area contributed by atoms with E-state index in [4.69, 9.17) is 14.2 Å². The summed E-state index contributed by atoms with van der Waals surface area (Å²) in [5.74, 6) is 2.56. The summed E-state index contributed by atoms with van der Waals surface area (Å²) in [6.45, 7) is 0. The van der Waals surface area contributed by atoms with E-state index >= 15 is 0 Å². The molecule has 1 atom stereocenters. The van der Waals surface area contributed by atoms with Crippen molar-refractivity contribution in [3.63, 3.8) is 0 Å². The number of ether oxygens (including phenoxy) is 3. The summed E-state index contributed by atoms with van der Waals surface area (Å²) in [7, 11) is 4.72. The van der Waals surface area contributed by atoms with Crippen LogP contribution in [-0.2, 0) is 6.42 Å². The lowest BCUT2D eigenvalue weighted by Gasteiger charge is -2.16. The largest absolute Gasteiger partial charge is 0.493 e. The van der Waals surface area contributed by atoms with Gasteiger partial charge in [-0.25, -0.2) is 9.97 Å². The van der Waals surface area contributed by atoms with Crippen LogP contribution in [-0.4, -0.2) is 36.3 Å². The number of aryl methyl sites for hydroxylation is 1. The van der Waals surface area contributed by atoms with Crippen molar-refractivity contribution in [3.8, 4) is 17.2 Å². The molecule has 0 amide bonds. The summed E-state index contributed by atoms with van der Waals surface area (Å²) in [5, 5.41) is 6.59. The number of methoxy groups -OCH3 is 3. The van der Waals surface area contributed by atoms with Gasteiger partial charge in [-0.15, -0.1) is 0 Å². The van der Waals surface area contributed by atoms with Crippen molar-refractivity contribution >= 4 is 17.6 Å². The van der Waals surface area contributed by atoms with Gasteiger partial charge in [0.25, 0.3) is 0 Å². The Morgan fingerprint density at radius 3 is 2.38 bits per heavy atom. The molecule has 1 aromatic heterocycles. The van der Waals surface area contributed by atoms with Crippen LogP contribution in [0.25, 0.3) is 0 Å². The first-order valence-corrected chi connectivity index (χ1v) is 9.32. The summed E-state index contributed by atoms with van der Waals surface area (Å²) in [6, 6.07) is 12.2. The third kappa shape index (κ3) is 3.87. The second-order valence-electron chi connectivity index (χ2n) is 6.61. The fraction of sp³-hybridized carbons (Fsp3) is 0.286. The lowest BCUT2D eigenvalue weighted by atomic mass is 10.1. The highest BCUT2D eigenvalue weighted by Gasteiger charge is 2.22. The van der Waals surface area contributed by atoms with E-state index in [2.05, 4.69) is 49.9 Å². The van der Waals surface area contributed by atoms with Crippen LogP contribution >= 0.6 is 0 Å². The monoisotopic (exact) mass is 393 g/mol. The first kappa shape index (κ1) is 18.8. The molecule has 0 saturated heterocycles. The van der Waals surface area contributed by atoms with Crippen molar-refractivity contribution in [1.29, 1.82) is 0 Å². The van der Waals surface area contributed by atoms with E-state index in [1.165, 1.54) is 17.5 Å². The van der Waals surface area contributed by atoms with Crippen molar-refractivity contribution in [2.24, 2.45) is 0 Å². The Labute approximate surface area is 169 Å². The fourth-order valence-electron chi connectivity index (χ4n) is 3.57. The molecule has 0 radical (unpaired) electrons. The quantitative estimate of drug-likeness (QED) is 0.627. The number of nitrogens with one attached hydrogen (secondary N) is 2. The van der Waals surface area contributed by atoms with Gasteiger partial charge in [0.1, 0.15) is 6.33 Å². The molecule has 0 fully saturated rings. The fourth-order valence-corrected chi connectivity index (χ4v) is 3.57. The smallest absolute Gasteiger partial charge is 0.231 e. The number of anilines is 3. The summed E-state index contributed by atoms with van der Waals surface area (Å²) >= 11 is 0. The van der Waals surface area contributed by atoms with Gasteiger partial charge in [-0.05, 0) is 24.0 Å². The molecule has 0 spiro atoms. The minimum atomic E-state index is 0.197. The Balaban J connectivity index is 1.54. The van der Waals surface area contributed by atoms with Crippen molar-refractivity contribution in [2.45, 2.75) is 18.9 Å². The zero-order valence-corrected chi connectivity index (χ0v) is 16.6. The molecule has 1 unspecified atom stereocenters. The van der Waals surface area contributed by atoms with Crippen molar-refractivity contribution < 1.29 is 14.2 Å². The third-order valence-corrected chi connectivity index (χ3v) is 4.93. The van der Waals surface area contributed by atoms with Crippen LogP contribution in [0.3, 0.4) is 0 Å². The van der Waals surface area contributed by atoms with Crippen LogP contribution in [0.2, 0.25) is 0 Å². The van der Waals surface area contributed by atoms with Crippen LogP contribution in [0.4, 0.5) is 17.6 Å². The van der Waals surface area contributed by atoms with E-state index in [1.54, 1.807) is 33.5 Å². The lowest BCUT2D eigenvalue weighted by Crippen LogP contribution is -2.11. The molecule has 4 rings (SSSR count). The number of nitrogens with zero attached hydrogens (tertiary/aromatic N) is 3. The average Bonchev–Trinajstić information content (AvgIpc) is 3.16. The highest BCUT2D eigenvalue weighted by molar-refractivity contribution is 5.65. The lowest BCUT2D eigenvalue weighted by molar-refractivity contribution is 0.324. The molecule has 8 nitrogen and oxygen atoms in total. The molecule has 0 aliphatic heterocycles. The molecule has 2 N–H and O–H groups in total. The second kappa shape index (κ2) is 8.22. The molecule has 1 aliphatic rings. The van der Waals surface area contributed by atoms with Gasteiger partial charge in [0.2, 0.25) is 17.6 Å². The maximum atomic E-state index is 5.39. The van der Waals surface area contributed by atoms with Gasteiger partial charge in [-0.2, -0.15) is 4.98 Å². The molecular weight excluding hydrogens is 370 g/mol. The molecule has 29 heavy (non-hydrogen) atoms. The topological polar surface area (TPSA) is 90.4 Å². The van der Waals surface area contributed by atoms with Crippen LogP contribution in [0, 0.1) is 0 Å². The molecule has 3 aromatic rings. The Morgan fingerprint density at radius 2 is 1.66 bits per heavy atom. The van der Waals surface area contributed by atoms with Crippen LogP contribution in [0.1, 0.15) is 23.6 Å². The SMILES string of the molecule is COc1cc(Nc2ncnc(NC3CCc4ccccc43)n2)cc(OC)c1OC. The number of hydrogen-bond donors (Lipinski definition) is 2. The molecular formula is C21H23N5O3. The third-order valence-electron chi connectivity index (χ3n) is 4.93. The maximum Gasteiger partial charge on any atom is 0.231 e. The predicted octanol–water partition coefficient (Wildman–Crippen LogP) is 3.74. The van der Waals surface area contributed by atoms with Gasteiger partial charge >= 0.3 is 0 Å². The number of aromatic nitrogens is 3. The zero-order chi connectivity index (χ0) is 20.2. The van der Waals surface area contributed by atoms with E-state index in [0.29, 0.717) is 34.8 Å². The maximum absolute atomic E-state index is 5.39. The Bertz CT molecular complexity index is 986. The van der Waals surface area contributed by atoms with Crippen molar-refractivity contribution in [2.75, 3.05) is 32.0 Å². The van der Waals surface area contributed by atoms with Gasteiger partial charge in [-0.3, -0.25) is 0 Å². The standard InChI is InChI=1S/C21H23N5O3/c1-27-17-10-14(11-18(28-2)19(17)29-3)24-20-22-12-23-21(26-20)25-16-9-8-13-6-4-5-7-15(13)16/h4-7,10-12,16H,8-9H2,1-3H3,(H2,22,23,24,25,26). The molecule has 1 aliphatic carbocycles. The number of benzene rings is 2. The summed E-state index contributed by atoms with van der Waals surface area (Å²) in [4.78, 5) is 13.0. The number of rotatable bonds is 7. The Kier molecular flexibility index (Phi) is 5.33. The highest BCUT2D eigenvalue weighted by atomic mass is 16.5. The van der Waals surface area contributed by atoms with E-state index in [0.717, 1.165) is 12.8 Å². The Morgan fingerprint density at radius 1 is 0.931 bits per heavy atom. The summed E-state index contributed by atoms with van der Waals surface area (Å²) in [5.41, 5.74) is 3.38. The van der Waals surface area contributed by atoms with E-state index < -0.39 is 0 Å². The van der Waals surface area contributed by atoms with Gasteiger partial charge in [0.15, 0.2) is 11.5 Å². The van der Waals surface area contributed by atoms with Crippen LogP contribution in [0.15, 0.2) is 42.7 Å². The molecule has 150 valence electrons. The van der Waals surface area contributed by atoms with E-state index in [-0.39, 0.29) is 6.04 Å². The predicted molar refractivity (Wildman–Crippen MR) is 110 cm³/mol. The molecule has 1 heterocycles. The van der Waals surface area contributed by atoms with Gasteiger partial charge < -0.3 is 24.8 Å². The summed E-state index contributed by atoms with van der Waals surface area (Å²) < 4.78 is 16.1. The van der Waals surface area contributed by atoms with E-state index in [9.17, 15) is 0 Å². The van der Waals surface area contributed by atoms with Gasteiger partial charge in [0, 0.05) is 17.8 Å². The normalized spacial score (nSPS) is 14.8. The minimum absolute atomic E-state index is 0.197. The van der Waals surface area contributed by atoms with Crippen molar-refractivity contribution in [3.05, 3.63) is 53.9 Å². The number of fused-ring (bicyclic) bond motifs is 1. The molecule has 2 aromatic carbocycles. The van der Waals surface area contributed by atoms with E-state index in [1.807, 2.05) is 0 Å². The molecule has 0 bridgehead atoms. The Hall–Kier alpha value is -3.55. The minimum Gasteiger partial charge on any atom is -0.493 e. The summed E-state index contributed by atoms with van der Waals surface area (Å²) in [6.07, 6.45) is 3.55. The molecule has 0 saturated carbocycles. The zero-order valence-electron chi connectivity index (χ0n) is 16.6.